The second-order valence-corrected chi connectivity index (χ2v) is 4.39. The Morgan fingerprint density at radius 2 is 1.59 bits per heavy atom. The van der Waals surface area contributed by atoms with Crippen molar-refractivity contribution in [1.82, 2.24) is 0 Å². The van der Waals surface area contributed by atoms with Gasteiger partial charge in [0.15, 0.2) is 0 Å². The molecule has 2 aromatic carbocycles. The molecule has 0 aliphatic heterocycles. The molecule has 0 amide bonds. The van der Waals surface area contributed by atoms with Crippen LogP contribution in [0.2, 0.25) is 10.0 Å². The monoisotopic (exact) mass is 267 g/mol. The van der Waals surface area contributed by atoms with E-state index in [-0.39, 0.29) is 5.75 Å². The van der Waals surface area contributed by atoms with Gasteiger partial charge < -0.3 is 10.4 Å². The third kappa shape index (κ3) is 2.84. The topological polar surface area (TPSA) is 32.3 Å². The fraction of sp³-hybridized carbons (Fsp3) is 0.0769. The molecule has 0 aromatic heterocycles. The summed E-state index contributed by atoms with van der Waals surface area (Å²) >= 11 is 12.1. The Morgan fingerprint density at radius 1 is 0.941 bits per heavy atom. The number of halogens is 2. The molecule has 0 saturated carbocycles. The van der Waals surface area contributed by atoms with Crippen LogP contribution in [0.1, 0.15) is 5.56 Å². The molecule has 2 N–H and O–H groups in total. The van der Waals surface area contributed by atoms with Gasteiger partial charge in [0.05, 0.1) is 15.7 Å². The number of hydrogen-bond donors (Lipinski definition) is 2. The highest BCUT2D eigenvalue weighted by atomic mass is 35.5. The first-order valence-electron chi connectivity index (χ1n) is 5.13. The molecule has 0 spiro atoms. The van der Waals surface area contributed by atoms with Crippen molar-refractivity contribution in [3.8, 4) is 5.75 Å². The van der Waals surface area contributed by atoms with Gasteiger partial charge in [0.1, 0.15) is 5.75 Å². The smallest absolute Gasteiger partial charge is 0.120 e. The van der Waals surface area contributed by atoms with Crippen molar-refractivity contribution in [3.05, 3.63) is 58.1 Å². The van der Waals surface area contributed by atoms with E-state index in [4.69, 9.17) is 23.2 Å². The highest BCUT2D eigenvalue weighted by molar-refractivity contribution is 6.39. The summed E-state index contributed by atoms with van der Waals surface area (Å²) in [5, 5.41) is 13.9. The van der Waals surface area contributed by atoms with E-state index in [0.717, 1.165) is 5.56 Å². The lowest BCUT2D eigenvalue weighted by Gasteiger charge is -2.11. The predicted octanol–water partition coefficient (Wildman–Crippen LogP) is 4.31. The molecule has 0 heterocycles. The lowest BCUT2D eigenvalue weighted by atomic mass is 10.2. The van der Waals surface area contributed by atoms with Crippen molar-refractivity contribution in [2.75, 3.05) is 5.32 Å². The summed E-state index contributed by atoms with van der Waals surface area (Å²) in [5.41, 5.74) is 1.47. The Hall–Kier alpha value is -1.38. The molecule has 0 unspecified atom stereocenters. The van der Waals surface area contributed by atoms with E-state index in [1.165, 1.54) is 0 Å². The minimum absolute atomic E-state index is 0.253. The van der Waals surface area contributed by atoms with E-state index in [1.807, 2.05) is 12.1 Å². The highest BCUT2D eigenvalue weighted by Crippen LogP contribution is 2.30. The number of phenolic OH excluding ortho intramolecular Hbond substituents is 1. The van der Waals surface area contributed by atoms with Crippen LogP contribution in [0.3, 0.4) is 0 Å². The molecule has 0 fully saturated rings. The number of aromatic hydroxyl groups is 1. The summed E-state index contributed by atoms with van der Waals surface area (Å²) in [7, 11) is 0. The maximum atomic E-state index is 9.62. The third-order valence-electron chi connectivity index (χ3n) is 2.41. The maximum Gasteiger partial charge on any atom is 0.120 e. The van der Waals surface area contributed by atoms with Crippen LogP contribution in [0, 0.1) is 0 Å². The van der Waals surface area contributed by atoms with Crippen molar-refractivity contribution in [1.29, 1.82) is 0 Å². The van der Waals surface area contributed by atoms with Gasteiger partial charge >= 0.3 is 0 Å². The highest BCUT2D eigenvalue weighted by Gasteiger charge is 2.05. The van der Waals surface area contributed by atoms with Crippen LogP contribution < -0.4 is 5.32 Å². The summed E-state index contributed by atoms with van der Waals surface area (Å²) < 4.78 is 0. The molecule has 2 nitrogen and oxygen atoms in total. The van der Waals surface area contributed by atoms with Gasteiger partial charge in [0.25, 0.3) is 0 Å². The number of hydrogen-bond acceptors (Lipinski definition) is 2. The lowest BCUT2D eigenvalue weighted by Crippen LogP contribution is -2.00. The first-order chi connectivity index (χ1) is 8.18. The Labute approximate surface area is 110 Å². The van der Waals surface area contributed by atoms with Crippen LogP contribution in [-0.4, -0.2) is 5.11 Å². The van der Waals surface area contributed by atoms with E-state index >= 15 is 0 Å². The molecule has 0 radical (unpaired) electrons. The van der Waals surface area contributed by atoms with Crippen LogP contribution in [0.5, 0.6) is 5.75 Å². The zero-order valence-corrected chi connectivity index (χ0v) is 10.5. The Morgan fingerprint density at radius 3 is 2.24 bits per heavy atom. The Kier molecular flexibility index (Phi) is 3.77. The molecule has 4 heteroatoms. The zero-order valence-electron chi connectivity index (χ0n) is 8.95. The number of nitrogens with one attached hydrogen (secondary N) is 1. The summed E-state index contributed by atoms with van der Waals surface area (Å²) in [5.74, 6) is 0.253. The van der Waals surface area contributed by atoms with Crippen LogP contribution in [-0.2, 0) is 6.54 Å². The van der Waals surface area contributed by atoms with Crippen LogP contribution >= 0.6 is 23.2 Å². The summed E-state index contributed by atoms with van der Waals surface area (Å²) in [6, 6.07) is 12.4. The van der Waals surface area contributed by atoms with Crippen molar-refractivity contribution < 1.29 is 5.11 Å². The largest absolute Gasteiger partial charge is 0.508 e. The van der Waals surface area contributed by atoms with Gasteiger partial charge in [0.2, 0.25) is 0 Å². The van der Waals surface area contributed by atoms with Gasteiger partial charge in [0, 0.05) is 12.1 Å². The number of anilines is 1. The van der Waals surface area contributed by atoms with Crippen LogP contribution in [0.4, 0.5) is 5.69 Å². The first kappa shape index (κ1) is 12.1. The molecule has 88 valence electrons. The molecule has 0 aliphatic rings. The van der Waals surface area contributed by atoms with Gasteiger partial charge in [-0.3, -0.25) is 0 Å². The second kappa shape index (κ2) is 5.30. The lowest BCUT2D eigenvalue weighted by molar-refractivity contribution is 0.469. The molecule has 2 rings (SSSR count). The number of phenols is 1. The van der Waals surface area contributed by atoms with Crippen LogP contribution in [0.25, 0.3) is 0 Å². The SMILES string of the molecule is Oc1ccccc1CNc1c(Cl)cccc1Cl. The van der Waals surface area contributed by atoms with Crippen molar-refractivity contribution in [2.45, 2.75) is 6.54 Å². The molecular formula is C13H11Cl2NO. The fourth-order valence-electron chi connectivity index (χ4n) is 1.51. The fourth-order valence-corrected chi connectivity index (χ4v) is 2.04. The van der Waals surface area contributed by atoms with Gasteiger partial charge in [-0.25, -0.2) is 0 Å². The first-order valence-corrected chi connectivity index (χ1v) is 5.89. The Balaban J connectivity index is 2.16. The number of rotatable bonds is 3. The molecule has 17 heavy (non-hydrogen) atoms. The molecule has 0 bridgehead atoms. The summed E-state index contributed by atoms with van der Waals surface area (Å²) in [6.45, 7) is 0.468. The van der Waals surface area contributed by atoms with E-state index in [2.05, 4.69) is 5.32 Å². The standard InChI is InChI=1S/C13H11Cl2NO/c14-10-5-3-6-11(15)13(10)16-8-9-4-1-2-7-12(9)17/h1-7,16-17H,8H2. The molecule has 0 atom stereocenters. The van der Waals surface area contributed by atoms with Crippen molar-refractivity contribution in [2.24, 2.45) is 0 Å². The molecular weight excluding hydrogens is 257 g/mol. The average Bonchev–Trinajstić information content (AvgIpc) is 2.30. The van der Waals surface area contributed by atoms with Crippen molar-refractivity contribution in [3.63, 3.8) is 0 Å². The summed E-state index contributed by atoms with van der Waals surface area (Å²) in [4.78, 5) is 0. The molecule has 2 aromatic rings. The van der Waals surface area contributed by atoms with Crippen molar-refractivity contribution >= 4 is 28.9 Å². The minimum Gasteiger partial charge on any atom is -0.508 e. The molecule has 0 aliphatic carbocycles. The minimum atomic E-state index is 0.253. The summed E-state index contributed by atoms with van der Waals surface area (Å²) in [6.07, 6.45) is 0. The van der Waals surface area contributed by atoms with Crippen LogP contribution in [0.15, 0.2) is 42.5 Å². The zero-order chi connectivity index (χ0) is 12.3. The van der Waals surface area contributed by atoms with E-state index in [1.54, 1.807) is 30.3 Å². The second-order valence-electron chi connectivity index (χ2n) is 3.58. The maximum absolute atomic E-state index is 9.62. The van der Waals surface area contributed by atoms with Gasteiger partial charge in [-0.15, -0.1) is 0 Å². The number of para-hydroxylation sites is 2. The quantitative estimate of drug-likeness (QED) is 0.869. The van der Waals surface area contributed by atoms with Gasteiger partial charge in [-0.05, 0) is 18.2 Å². The van der Waals surface area contributed by atoms with E-state index in [0.29, 0.717) is 22.3 Å². The van der Waals surface area contributed by atoms with Gasteiger partial charge in [-0.2, -0.15) is 0 Å². The predicted molar refractivity (Wildman–Crippen MR) is 71.9 cm³/mol. The van der Waals surface area contributed by atoms with E-state index < -0.39 is 0 Å². The van der Waals surface area contributed by atoms with Gasteiger partial charge in [-0.1, -0.05) is 47.5 Å². The Bertz CT molecular complexity index is 508. The normalized spacial score (nSPS) is 10.2. The van der Waals surface area contributed by atoms with E-state index in [9.17, 15) is 5.11 Å². The third-order valence-corrected chi connectivity index (χ3v) is 3.04. The average molecular weight is 268 g/mol. The number of benzene rings is 2. The molecule has 0 saturated heterocycles.